The number of halogens is 1. The average molecular weight is 320 g/mol. The van der Waals surface area contributed by atoms with Crippen LogP contribution in [0.1, 0.15) is 30.5 Å². The van der Waals surface area contributed by atoms with Crippen LogP contribution in [-0.2, 0) is 6.54 Å². The molecule has 3 aromatic rings. The van der Waals surface area contributed by atoms with Crippen molar-refractivity contribution in [2.24, 2.45) is 5.92 Å². The average Bonchev–Trinajstić information content (AvgIpc) is 3.07. The molecule has 0 aliphatic heterocycles. The largest absolute Gasteiger partial charge is 0.305 e. The van der Waals surface area contributed by atoms with Crippen molar-refractivity contribution in [3.63, 3.8) is 0 Å². The van der Waals surface area contributed by atoms with Crippen LogP contribution in [0, 0.1) is 5.92 Å². The van der Waals surface area contributed by atoms with Gasteiger partial charge in [-0.15, -0.1) is 11.3 Å². The Hall–Kier alpha value is -1.36. The molecule has 0 aromatic carbocycles. The topological polar surface area (TPSA) is 29.3 Å². The summed E-state index contributed by atoms with van der Waals surface area (Å²) >= 11 is 7.80. The van der Waals surface area contributed by atoms with Crippen LogP contribution in [0.2, 0.25) is 5.02 Å². The van der Waals surface area contributed by atoms with Crippen LogP contribution in [0.25, 0.3) is 5.65 Å². The molecule has 110 valence electrons. The maximum atomic E-state index is 6.00. The van der Waals surface area contributed by atoms with E-state index in [4.69, 9.17) is 11.6 Å². The van der Waals surface area contributed by atoms with Crippen LogP contribution in [0.4, 0.5) is 0 Å². The van der Waals surface area contributed by atoms with E-state index in [0.717, 1.165) is 22.9 Å². The van der Waals surface area contributed by atoms with Gasteiger partial charge in [0.05, 0.1) is 10.7 Å². The Kier molecular flexibility index (Phi) is 4.29. The van der Waals surface area contributed by atoms with Crippen molar-refractivity contribution in [2.75, 3.05) is 0 Å². The number of thiophene rings is 1. The number of imidazole rings is 1. The van der Waals surface area contributed by atoms with Gasteiger partial charge in [0.1, 0.15) is 5.65 Å². The summed E-state index contributed by atoms with van der Waals surface area (Å²) in [6.45, 7) is 5.22. The minimum Gasteiger partial charge on any atom is -0.305 e. The van der Waals surface area contributed by atoms with E-state index in [1.807, 2.05) is 28.9 Å². The molecule has 3 heterocycles. The molecule has 0 spiro atoms. The Morgan fingerprint density at radius 1 is 1.29 bits per heavy atom. The van der Waals surface area contributed by atoms with Crippen molar-refractivity contribution in [3.05, 3.63) is 57.6 Å². The Morgan fingerprint density at radius 2 is 2.14 bits per heavy atom. The van der Waals surface area contributed by atoms with E-state index >= 15 is 0 Å². The zero-order valence-electron chi connectivity index (χ0n) is 12.1. The van der Waals surface area contributed by atoms with Gasteiger partial charge >= 0.3 is 0 Å². The quantitative estimate of drug-likeness (QED) is 0.748. The minimum atomic E-state index is 0.360. The van der Waals surface area contributed by atoms with Gasteiger partial charge in [-0.1, -0.05) is 31.5 Å². The van der Waals surface area contributed by atoms with E-state index in [1.165, 1.54) is 4.88 Å². The fourth-order valence-electron chi connectivity index (χ4n) is 2.45. The summed E-state index contributed by atoms with van der Waals surface area (Å²) in [5.41, 5.74) is 1.95. The maximum absolute atomic E-state index is 6.00. The number of rotatable bonds is 5. The molecule has 5 heteroatoms. The SMILES string of the molecule is CC(C)C(NCc1cn2cc(Cl)ccc2n1)c1cccs1. The van der Waals surface area contributed by atoms with Gasteiger partial charge in [0, 0.05) is 29.9 Å². The predicted octanol–water partition coefficient (Wildman–Crippen LogP) is 4.54. The van der Waals surface area contributed by atoms with Crippen molar-refractivity contribution >= 4 is 28.6 Å². The Labute approximate surface area is 133 Å². The van der Waals surface area contributed by atoms with Crippen molar-refractivity contribution in [3.8, 4) is 0 Å². The predicted molar refractivity (Wildman–Crippen MR) is 88.9 cm³/mol. The molecule has 0 amide bonds. The molecule has 0 aliphatic rings. The summed E-state index contributed by atoms with van der Waals surface area (Å²) in [4.78, 5) is 5.98. The number of pyridine rings is 1. The first-order valence-corrected chi connectivity index (χ1v) is 8.29. The zero-order chi connectivity index (χ0) is 14.8. The lowest BCUT2D eigenvalue weighted by Crippen LogP contribution is -2.24. The van der Waals surface area contributed by atoms with Gasteiger partial charge in [-0.2, -0.15) is 0 Å². The standard InChI is InChI=1S/C16H18ClN3S/c1-11(2)16(14-4-3-7-21-14)18-8-13-10-20-9-12(17)5-6-15(20)19-13/h3-7,9-11,16,18H,8H2,1-2H3. The first-order valence-electron chi connectivity index (χ1n) is 7.03. The number of aromatic nitrogens is 2. The Morgan fingerprint density at radius 3 is 2.86 bits per heavy atom. The second kappa shape index (κ2) is 6.18. The lowest BCUT2D eigenvalue weighted by molar-refractivity contribution is 0.414. The van der Waals surface area contributed by atoms with Gasteiger partial charge in [-0.25, -0.2) is 4.98 Å². The second-order valence-electron chi connectivity index (χ2n) is 5.46. The summed E-state index contributed by atoms with van der Waals surface area (Å²) < 4.78 is 1.97. The number of nitrogens with one attached hydrogen (secondary N) is 1. The monoisotopic (exact) mass is 319 g/mol. The molecule has 0 bridgehead atoms. The van der Waals surface area contributed by atoms with E-state index in [1.54, 1.807) is 11.3 Å². The summed E-state index contributed by atoms with van der Waals surface area (Å²) in [7, 11) is 0. The lowest BCUT2D eigenvalue weighted by Gasteiger charge is -2.20. The van der Waals surface area contributed by atoms with Crippen molar-refractivity contribution < 1.29 is 0 Å². The van der Waals surface area contributed by atoms with Gasteiger partial charge in [0.15, 0.2) is 0 Å². The summed E-state index contributed by atoms with van der Waals surface area (Å²) in [5, 5.41) is 6.46. The van der Waals surface area contributed by atoms with Crippen LogP contribution < -0.4 is 5.32 Å². The fourth-order valence-corrected chi connectivity index (χ4v) is 3.59. The van der Waals surface area contributed by atoms with E-state index in [0.29, 0.717) is 12.0 Å². The molecule has 0 aliphatic carbocycles. The lowest BCUT2D eigenvalue weighted by atomic mass is 10.0. The molecule has 1 N–H and O–H groups in total. The first-order chi connectivity index (χ1) is 10.1. The van der Waals surface area contributed by atoms with E-state index < -0.39 is 0 Å². The maximum Gasteiger partial charge on any atom is 0.137 e. The summed E-state index contributed by atoms with van der Waals surface area (Å²) in [6, 6.07) is 8.45. The van der Waals surface area contributed by atoms with Gasteiger partial charge in [-0.05, 0) is 29.5 Å². The third-order valence-corrected chi connectivity index (χ3v) is 4.66. The van der Waals surface area contributed by atoms with Crippen LogP contribution in [-0.4, -0.2) is 9.38 Å². The summed E-state index contributed by atoms with van der Waals surface area (Å²) in [5.74, 6) is 0.537. The highest BCUT2D eigenvalue weighted by Gasteiger charge is 2.16. The third-order valence-electron chi connectivity index (χ3n) is 3.48. The Bertz CT molecular complexity index is 718. The van der Waals surface area contributed by atoms with E-state index in [-0.39, 0.29) is 0 Å². The molecule has 1 unspecified atom stereocenters. The molecule has 3 nitrogen and oxygen atoms in total. The molecule has 0 saturated heterocycles. The zero-order valence-corrected chi connectivity index (χ0v) is 13.7. The molecule has 1 atom stereocenters. The van der Waals surface area contributed by atoms with Gasteiger partial charge in [-0.3, -0.25) is 0 Å². The highest BCUT2D eigenvalue weighted by Crippen LogP contribution is 2.26. The van der Waals surface area contributed by atoms with Gasteiger partial charge in [0.2, 0.25) is 0 Å². The van der Waals surface area contributed by atoms with Crippen LogP contribution in [0.15, 0.2) is 42.0 Å². The minimum absolute atomic E-state index is 0.360. The highest BCUT2D eigenvalue weighted by molar-refractivity contribution is 7.10. The molecule has 3 rings (SSSR count). The molecule has 0 radical (unpaired) electrons. The molecular weight excluding hydrogens is 302 g/mol. The van der Waals surface area contributed by atoms with Crippen LogP contribution >= 0.6 is 22.9 Å². The fraction of sp³-hybridized carbons (Fsp3) is 0.312. The normalized spacial score (nSPS) is 13.1. The number of fused-ring (bicyclic) bond motifs is 1. The number of nitrogens with zero attached hydrogens (tertiary/aromatic N) is 2. The number of hydrogen-bond acceptors (Lipinski definition) is 3. The third kappa shape index (κ3) is 3.28. The van der Waals surface area contributed by atoms with Crippen molar-refractivity contribution in [2.45, 2.75) is 26.4 Å². The van der Waals surface area contributed by atoms with E-state index in [9.17, 15) is 0 Å². The smallest absolute Gasteiger partial charge is 0.137 e. The Balaban J connectivity index is 1.75. The van der Waals surface area contributed by atoms with Crippen molar-refractivity contribution in [1.29, 1.82) is 0 Å². The molecule has 0 saturated carbocycles. The van der Waals surface area contributed by atoms with Crippen LogP contribution in [0.5, 0.6) is 0 Å². The molecule has 3 aromatic heterocycles. The first kappa shape index (κ1) is 14.6. The molecular formula is C16H18ClN3S. The van der Waals surface area contributed by atoms with Crippen molar-refractivity contribution in [1.82, 2.24) is 14.7 Å². The second-order valence-corrected chi connectivity index (χ2v) is 6.88. The van der Waals surface area contributed by atoms with Crippen LogP contribution in [0.3, 0.4) is 0 Å². The number of hydrogen-bond donors (Lipinski definition) is 1. The highest BCUT2D eigenvalue weighted by atomic mass is 35.5. The summed E-state index contributed by atoms with van der Waals surface area (Å²) in [6.07, 6.45) is 3.91. The molecule has 0 fully saturated rings. The van der Waals surface area contributed by atoms with Gasteiger partial charge in [0.25, 0.3) is 0 Å². The molecule has 21 heavy (non-hydrogen) atoms. The van der Waals surface area contributed by atoms with E-state index in [2.05, 4.69) is 41.7 Å². The van der Waals surface area contributed by atoms with Gasteiger partial charge < -0.3 is 9.72 Å².